The number of carbonyl (C=O) groups is 1. The van der Waals surface area contributed by atoms with Crippen LogP contribution in [0.25, 0.3) is 0 Å². The maximum absolute atomic E-state index is 12.9. The molecule has 2 rings (SSSR count). The zero-order chi connectivity index (χ0) is 19.7. The average molecular weight is 393 g/mol. The maximum atomic E-state index is 12.9. The van der Waals surface area contributed by atoms with Gasteiger partial charge >= 0.3 is 5.97 Å². The Hall–Kier alpha value is -2.25. The van der Waals surface area contributed by atoms with Crippen LogP contribution in [0.2, 0.25) is 0 Å². The molecule has 0 spiro atoms. The lowest BCUT2D eigenvalue weighted by Crippen LogP contribution is -2.26. The lowest BCUT2D eigenvalue weighted by Gasteiger charge is -2.08. The Bertz CT molecular complexity index is 833. The number of rotatable bonds is 10. The Morgan fingerprint density at radius 1 is 1.00 bits per heavy atom. The first kappa shape index (κ1) is 21.1. The van der Waals surface area contributed by atoms with Crippen molar-refractivity contribution in [3.63, 3.8) is 0 Å². The Labute approximate surface area is 159 Å². The van der Waals surface area contributed by atoms with Gasteiger partial charge in [0.05, 0.1) is 11.5 Å². The zero-order valence-corrected chi connectivity index (χ0v) is 16.1. The summed E-state index contributed by atoms with van der Waals surface area (Å²) < 4.78 is 44.6. The molecule has 0 unspecified atom stereocenters. The van der Waals surface area contributed by atoms with Crippen molar-refractivity contribution in [2.24, 2.45) is 0 Å². The summed E-state index contributed by atoms with van der Waals surface area (Å²) in [6.07, 6.45) is 2.47. The monoisotopic (exact) mass is 393 g/mol. The number of esters is 1. The highest BCUT2D eigenvalue weighted by atomic mass is 32.2. The molecule has 0 aliphatic rings. The van der Waals surface area contributed by atoms with Gasteiger partial charge in [-0.2, -0.15) is 0 Å². The number of sulfonamides is 1. The Kier molecular flexibility index (Phi) is 7.94. The molecule has 1 N–H and O–H groups in total. The molecule has 146 valence electrons. The fraction of sp³-hybridized carbons (Fsp3) is 0.350. The van der Waals surface area contributed by atoms with Gasteiger partial charge in [0, 0.05) is 13.0 Å². The lowest BCUT2D eigenvalue weighted by molar-refractivity contribution is -0.143. The van der Waals surface area contributed by atoms with E-state index in [4.69, 9.17) is 4.74 Å². The molecule has 2 aromatic rings. The number of hydrogen-bond acceptors (Lipinski definition) is 4. The summed E-state index contributed by atoms with van der Waals surface area (Å²) in [7, 11) is -3.64. The molecular formula is C20H24FNO4S. The first-order chi connectivity index (χ1) is 12.9. The van der Waals surface area contributed by atoms with Crippen LogP contribution in [0, 0.1) is 5.82 Å². The average Bonchev–Trinajstić information content (AvgIpc) is 2.63. The van der Waals surface area contributed by atoms with Gasteiger partial charge in [-0.05, 0) is 61.6 Å². The van der Waals surface area contributed by atoms with E-state index in [1.54, 1.807) is 6.92 Å². The van der Waals surface area contributed by atoms with Crippen molar-refractivity contribution < 1.29 is 22.3 Å². The minimum absolute atomic E-state index is 0.0425. The molecule has 0 heterocycles. The van der Waals surface area contributed by atoms with Gasteiger partial charge in [-0.25, -0.2) is 17.5 Å². The van der Waals surface area contributed by atoms with Gasteiger partial charge in [0.15, 0.2) is 0 Å². The third kappa shape index (κ3) is 7.11. The maximum Gasteiger partial charge on any atom is 0.305 e. The van der Waals surface area contributed by atoms with E-state index in [0.717, 1.165) is 36.1 Å². The number of carbonyl (C=O) groups excluding carboxylic acids is 1. The van der Waals surface area contributed by atoms with E-state index in [9.17, 15) is 17.6 Å². The molecule has 0 atom stereocenters. The van der Waals surface area contributed by atoms with Crippen LogP contribution in [0.15, 0.2) is 53.4 Å². The van der Waals surface area contributed by atoms with Crippen LogP contribution in [-0.2, 0) is 32.4 Å². The van der Waals surface area contributed by atoms with E-state index in [-0.39, 0.29) is 17.4 Å². The van der Waals surface area contributed by atoms with Gasteiger partial charge in [-0.3, -0.25) is 4.79 Å². The predicted molar refractivity (Wildman–Crippen MR) is 101 cm³/mol. The van der Waals surface area contributed by atoms with Gasteiger partial charge in [-0.15, -0.1) is 0 Å². The zero-order valence-electron chi connectivity index (χ0n) is 15.3. The van der Waals surface area contributed by atoms with Gasteiger partial charge in [0.2, 0.25) is 10.0 Å². The van der Waals surface area contributed by atoms with E-state index in [2.05, 4.69) is 4.72 Å². The summed E-state index contributed by atoms with van der Waals surface area (Å²) in [5.41, 5.74) is 2.13. The van der Waals surface area contributed by atoms with Crippen LogP contribution in [0.3, 0.4) is 0 Å². The molecule has 0 fully saturated rings. The minimum atomic E-state index is -3.64. The number of hydrogen-bond donors (Lipinski definition) is 1. The van der Waals surface area contributed by atoms with Crippen LogP contribution in [0.5, 0.6) is 0 Å². The van der Waals surface area contributed by atoms with Crippen molar-refractivity contribution in [3.8, 4) is 0 Å². The molecule has 0 bridgehead atoms. The largest absolute Gasteiger partial charge is 0.466 e. The van der Waals surface area contributed by atoms with Crippen LogP contribution < -0.4 is 4.72 Å². The normalized spacial score (nSPS) is 11.3. The van der Waals surface area contributed by atoms with E-state index in [0.29, 0.717) is 19.4 Å². The molecule has 0 saturated carbocycles. The highest BCUT2D eigenvalue weighted by molar-refractivity contribution is 7.89. The fourth-order valence-electron chi connectivity index (χ4n) is 2.57. The fourth-order valence-corrected chi connectivity index (χ4v) is 3.60. The molecule has 0 aliphatic carbocycles. The third-order valence-corrected chi connectivity index (χ3v) is 5.48. The van der Waals surface area contributed by atoms with Crippen LogP contribution in [0.4, 0.5) is 4.39 Å². The molecule has 0 aromatic heterocycles. The molecular weight excluding hydrogens is 369 g/mol. The summed E-state index contributed by atoms with van der Waals surface area (Å²) in [5, 5.41) is 0. The molecule has 2 aromatic carbocycles. The minimum Gasteiger partial charge on any atom is -0.466 e. The molecule has 0 radical (unpaired) electrons. The second-order valence-corrected chi connectivity index (χ2v) is 7.84. The van der Waals surface area contributed by atoms with Crippen molar-refractivity contribution >= 4 is 16.0 Å². The highest BCUT2D eigenvalue weighted by Crippen LogP contribution is 2.11. The SMILES string of the molecule is CCOC(=O)CCCc1ccc(CCNS(=O)(=O)c2ccc(F)cc2)cc1. The van der Waals surface area contributed by atoms with Crippen molar-refractivity contribution in [3.05, 3.63) is 65.5 Å². The first-order valence-electron chi connectivity index (χ1n) is 8.89. The number of benzene rings is 2. The summed E-state index contributed by atoms with van der Waals surface area (Å²) in [6.45, 7) is 2.44. The number of nitrogens with one attached hydrogen (secondary N) is 1. The quantitative estimate of drug-likeness (QED) is 0.629. The standard InChI is InChI=1S/C20H24FNO4S/c1-2-26-20(23)5-3-4-16-6-8-17(9-7-16)14-15-22-27(24,25)19-12-10-18(21)11-13-19/h6-13,22H,2-5,14-15H2,1H3. The Morgan fingerprint density at radius 3 is 2.19 bits per heavy atom. The summed E-state index contributed by atoms with van der Waals surface area (Å²) in [5.74, 6) is -0.654. The van der Waals surface area contributed by atoms with E-state index < -0.39 is 15.8 Å². The number of aryl methyl sites for hydroxylation is 1. The molecule has 0 amide bonds. The molecule has 7 heteroatoms. The van der Waals surface area contributed by atoms with Gasteiger partial charge in [-0.1, -0.05) is 24.3 Å². The topological polar surface area (TPSA) is 72.5 Å². The molecule has 0 aliphatic heterocycles. The number of ether oxygens (including phenoxy) is 1. The summed E-state index contributed by atoms with van der Waals surface area (Å²) >= 11 is 0. The van der Waals surface area contributed by atoms with Crippen molar-refractivity contribution in [2.75, 3.05) is 13.2 Å². The first-order valence-corrected chi connectivity index (χ1v) is 10.4. The molecule has 27 heavy (non-hydrogen) atoms. The van der Waals surface area contributed by atoms with Gasteiger partial charge < -0.3 is 4.74 Å². The Balaban J connectivity index is 1.78. The van der Waals surface area contributed by atoms with Crippen LogP contribution >= 0.6 is 0 Å². The second kappa shape index (κ2) is 10.2. The van der Waals surface area contributed by atoms with Crippen molar-refractivity contribution in [1.82, 2.24) is 4.72 Å². The lowest BCUT2D eigenvalue weighted by atomic mass is 10.0. The van der Waals surface area contributed by atoms with Crippen LogP contribution in [-0.4, -0.2) is 27.5 Å². The van der Waals surface area contributed by atoms with Crippen LogP contribution in [0.1, 0.15) is 30.9 Å². The number of halogens is 1. The van der Waals surface area contributed by atoms with Crippen molar-refractivity contribution in [2.45, 2.75) is 37.5 Å². The summed E-state index contributed by atoms with van der Waals surface area (Å²) in [4.78, 5) is 11.4. The van der Waals surface area contributed by atoms with E-state index in [1.165, 1.54) is 12.1 Å². The smallest absolute Gasteiger partial charge is 0.305 e. The van der Waals surface area contributed by atoms with E-state index in [1.807, 2.05) is 24.3 Å². The predicted octanol–water partition coefficient (Wildman–Crippen LogP) is 3.23. The van der Waals surface area contributed by atoms with Crippen molar-refractivity contribution in [1.29, 1.82) is 0 Å². The molecule has 5 nitrogen and oxygen atoms in total. The van der Waals surface area contributed by atoms with Gasteiger partial charge in [0.25, 0.3) is 0 Å². The third-order valence-electron chi connectivity index (χ3n) is 4.00. The summed E-state index contributed by atoms with van der Waals surface area (Å²) in [6, 6.07) is 12.6. The highest BCUT2D eigenvalue weighted by Gasteiger charge is 2.13. The van der Waals surface area contributed by atoms with Gasteiger partial charge in [0.1, 0.15) is 5.82 Å². The Morgan fingerprint density at radius 2 is 1.59 bits per heavy atom. The van der Waals surface area contributed by atoms with E-state index >= 15 is 0 Å². The molecule has 0 saturated heterocycles. The second-order valence-electron chi connectivity index (χ2n) is 6.08.